The highest BCUT2D eigenvalue weighted by atomic mass is 16.5. The van der Waals surface area contributed by atoms with Gasteiger partial charge in [0.1, 0.15) is 11.5 Å². The molecule has 0 saturated heterocycles. The first-order valence-electron chi connectivity index (χ1n) is 7.23. The van der Waals surface area contributed by atoms with Crippen LogP contribution < -0.4 is 14.2 Å². The Labute approximate surface area is 135 Å². The number of aromatic nitrogens is 1. The number of benzene rings is 2. The van der Waals surface area contributed by atoms with E-state index in [1.807, 2.05) is 60.7 Å². The quantitative estimate of drug-likeness (QED) is 0.546. The number of hydrogen-bond acceptors (Lipinski definition) is 3. The first kappa shape index (κ1) is 14.9. The second-order valence-corrected chi connectivity index (χ2v) is 5.09. The molecular formula is C19H17NO3. The topological polar surface area (TPSA) is 45.4 Å². The lowest BCUT2D eigenvalue weighted by atomic mass is 10.1. The standard InChI is InChI=1S/C19H17NO3/c1-22-17-8-3-14(4-9-17)16-7-12-19(20(21)13-16)15-5-10-18(23-2)11-6-15/h3-13H,1-2H3. The number of ether oxygens (including phenoxy) is 2. The average Bonchev–Trinajstić information content (AvgIpc) is 2.62. The molecule has 4 heteroatoms. The molecule has 0 N–H and O–H groups in total. The van der Waals surface area contributed by atoms with Gasteiger partial charge < -0.3 is 14.7 Å². The van der Waals surface area contributed by atoms with Crippen molar-refractivity contribution in [2.75, 3.05) is 14.2 Å². The molecule has 0 bridgehead atoms. The van der Waals surface area contributed by atoms with E-state index in [-0.39, 0.29) is 0 Å². The molecule has 3 rings (SSSR count). The predicted molar refractivity (Wildman–Crippen MR) is 89.4 cm³/mol. The van der Waals surface area contributed by atoms with E-state index >= 15 is 0 Å². The van der Waals surface area contributed by atoms with Crippen LogP contribution >= 0.6 is 0 Å². The summed E-state index contributed by atoms with van der Waals surface area (Å²) in [5.74, 6) is 1.56. The molecule has 0 atom stereocenters. The molecule has 3 aromatic rings. The fourth-order valence-corrected chi connectivity index (χ4v) is 2.42. The second-order valence-electron chi connectivity index (χ2n) is 5.09. The Kier molecular flexibility index (Phi) is 4.15. The van der Waals surface area contributed by atoms with Gasteiger partial charge >= 0.3 is 0 Å². The van der Waals surface area contributed by atoms with Crippen LogP contribution in [0.2, 0.25) is 0 Å². The summed E-state index contributed by atoms with van der Waals surface area (Å²) in [6.45, 7) is 0. The van der Waals surface area contributed by atoms with E-state index in [1.54, 1.807) is 20.4 Å². The highest BCUT2D eigenvalue weighted by molar-refractivity contribution is 5.65. The molecule has 0 amide bonds. The normalized spacial score (nSPS) is 10.3. The summed E-state index contributed by atoms with van der Waals surface area (Å²) in [5, 5.41) is 12.4. The highest BCUT2D eigenvalue weighted by Gasteiger charge is 2.11. The van der Waals surface area contributed by atoms with E-state index in [0.717, 1.165) is 32.9 Å². The van der Waals surface area contributed by atoms with Crippen LogP contribution in [-0.4, -0.2) is 14.2 Å². The van der Waals surface area contributed by atoms with Crippen molar-refractivity contribution in [2.45, 2.75) is 0 Å². The van der Waals surface area contributed by atoms with Crippen molar-refractivity contribution in [2.24, 2.45) is 0 Å². The van der Waals surface area contributed by atoms with Gasteiger partial charge in [0, 0.05) is 17.2 Å². The molecule has 0 spiro atoms. The van der Waals surface area contributed by atoms with Crippen LogP contribution in [0.3, 0.4) is 0 Å². The van der Waals surface area contributed by atoms with E-state index < -0.39 is 0 Å². The molecule has 1 aromatic heterocycles. The average molecular weight is 307 g/mol. The molecule has 0 saturated carbocycles. The van der Waals surface area contributed by atoms with Crippen LogP contribution in [0.1, 0.15) is 0 Å². The molecule has 4 nitrogen and oxygen atoms in total. The molecule has 0 fully saturated rings. The summed E-state index contributed by atoms with van der Waals surface area (Å²) in [6.07, 6.45) is 1.58. The van der Waals surface area contributed by atoms with E-state index in [2.05, 4.69) is 0 Å². The van der Waals surface area contributed by atoms with Crippen molar-refractivity contribution in [3.05, 3.63) is 72.1 Å². The Morgan fingerprint density at radius 1 is 0.652 bits per heavy atom. The fraction of sp³-hybridized carbons (Fsp3) is 0.105. The zero-order chi connectivity index (χ0) is 16.2. The predicted octanol–water partition coefficient (Wildman–Crippen LogP) is 3.67. The lowest BCUT2D eigenvalue weighted by Gasteiger charge is -2.08. The Morgan fingerprint density at radius 2 is 1.13 bits per heavy atom. The second kappa shape index (κ2) is 6.40. The summed E-state index contributed by atoms with van der Waals surface area (Å²) in [4.78, 5) is 0. The van der Waals surface area contributed by atoms with Crippen LogP contribution in [0.5, 0.6) is 11.5 Å². The van der Waals surface area contributed by atoms with E-state index in [0.29, 0.717) is 5.69 Å². The van der Waals surface area contributed by atoms with Gasteiger partial charge in [-0.3, -0.25) is 0 Å². The maximum Gasteiger partial charge on any atom is 0.223 e. The zero-order valence-electron chi connectivity index (χ0n) is 13.0. The van der Waals surface area contributed by atoms with Crippen LogP contribution in [0, 0.1) is 5.21 Å². The molecule has 0 aliphatic heterocycles. The van der Waals surface area contributed by atoms with Crippen molar-refractivity contribution in [1.29, 1.82) is 0 Å². The summed E-state index contributed by atoms with van der Waals surface area (Å²) >= 11 is 0. The van der Waals surface area contributed by atoms with Gasteiger partial charge in [-0.25, -0.2) is 0 Å². The van der Waals surface area contributed by atoms with Crippen LogP contribution in [0.15, 0.2) is 66.9 Å². The maximum absolute atomic E-state index is 12.4. The van der Waals surface area contributed by atoms with Crippen LogP contribution in [-0.2, 0) is 0 Å². The minimum absolute atomic E-state index is 0.602. The van der Waals surface area contributed by atoms with Gasteiger partial charge in [-0.2, -0.15) is 4.73 Å². The number of methoxy groups -OCH3 is 2. The molecular weight excluding hydrogens is 290 g/mol. The van der Waals surface area contributed by atoms with Gasteiger partial charge in [0.05, 0.1) is 14.2 Å². The van der Waals surface area contributed by atoms with Crippen molar-refractivity contribution in [3.8, 4) is 33.9 Å². The number of nitrogens with zero attached hydrogens (tertiary/aromatic N) is 1. The highest BCUT2D eigenvalue weighted by Crippen LogP contribution is 2.24. The van der Waals surface area contributed by atoms with Gasteiger partial charge in [0.2, 0.25) is 5.69 Å². The molecule has 1 heterocycles. The van der Waals surface area contributed by atoms with Gasteiger partial charge in [-0.1, -0.05) is 12.1 Å². The summed E-state index contributed by atoms with van der Waals surface area (Å²) in [7, 11) is 3.25. The van der Waals surface area contributed by atoms with E-state index in [4.69, 9.17) is 9.47 Å². The van der Waals surface area contributed by atoms with Crippen molar-refractivity contribution >= 4 is 0 Å². The Balaban J connectivity index is 1.92. The maximum atomic E-state index is 12.4. The molecule has 0 unspecified atom stereocenters. The minimum Gasteiger partial charge on any atom is -0.618 e. The lowest BCUT2D eigenvalue weighted by Crippen LogP contribution is -2.28. The fourth-order valence-electron chi connectivity index (χ4n) is 2.42. The SMILES string of the molecule is COc1ccc(-c2ccc(-c3ccc(OC)cc3)[n+]([O-])c2)cc1. The third kappa shape index (κ3) is 3.11. The number of hydrogen-bond donors (Lipinski definition) is 0. The van der Waals surface area contributed by atoms with Crippen LogP contribution in [0.4, 0.5) is 0 Å². The van der Waals surface area contributed by atoms with E-state index in [9.17, 15) is 5.21 Å². The third-order valence-corrected chi connectivity index (χ3v) is 3.72. The van der Waals surface area contributed by atoms with Crippen LogP contribution in [0.25, 0.3) is 22.4 Å². The summed E-state index contributed by atoms with van der Waals surface area (Å²) in [5.41, 5.74) is 3.28. The minimum atomic E-state index is 0.602. The monoisotopic (exact) mass is 307 g/mol. The molecule has 0 aliphatic rings. The summed E-state index contributed by atoms with van der Waals surface area (Å²) in [6, 6.07) is 18.8. The summed E-state index contributed by atoms with van der Waals surface area (Å²) < 4.78 is 11.2. The van der Waals surface area contributed by atoms with Crippen molar-refractivity contribution in [3.63, 3.8) is 0 Å². The number of rotatable bonds is 4. The Hall–Kier alpha value is -3.01. The Bertz CT molecular complexity index is 796. The molecule has 0 aliphatic carbocycles. The van der Waals surface area contributed by atoms with Crippen molar-refractivity contribution in [1.82, 2.24) is 0 Å². The van der Waals surface area contributed by atoms with Gasteiger partial charge in [0.15, 0.2) is 6.20 Å². The first-order chi connectivity index (χ1) is 11.2. The molecule has 2 aromatic carbocycles. The van der Waals surface area contributed by atoms with Gasteiger partial charge in [0.25, 0.3) is 0 Å². The van der Waals surface area contributed by atoms with Gasteiger partial charge in [-0.15, -0.1) is 0 Å². The number of pyridine rings is 1. The van der Waals surface area contributed by atoms with E-state index in [1.165, 1.54) is 0 Å². The zero-order valence-corrected chi connectivity index (χ0v) is 13.0. The molecule has 116 valence electrons. The Morgan fingerprint density at radius 3 is 1.61 bits per heavy atom. The largest absolute Gasteiger partial charge is 0.618 e. The molecule has 23 heavy (non-hydrogen) atoms. The lowest BCUT2D eigenvalue weighted by molar-refractivity contribution is -0.593. The smallest absolute Gasteiger partial charge is 0.223 e. The van der Waals surface area contributed by atoms with Crippen molar-refractivity contribution < 1.29 is 14.2 Å². The van der Waals surface area contributed by atoms with Gasteiger partial charge in [-0.05, 0) is 48.0 Å². The molecule has 0 radical (unpaired) electrons. The third-order valence-electron chi connectivity index (χ3n) is 3.72. The first-order valence-corrected chi connectivity index (χ1v) is 7.23.